The van der Waals surface area contributed by atoms with Gasteiger partial charge in [-0.2, -0.15) is 0 Å². The smallest absolute Gasteiger partial charge is 0.156 e. The van der Waals surface area contributed by atoms with Crippen molar-refractivity contribution in [3.05, 3.63) is 22.8 Å². The van der Waals surface area contributed by atoms with Gasteiger partial charge in [0.1, 0.15) is 0 Å². The van der Waals surface area contributed by atoms with Gasteiger partial charge in [0, 0.05) is 6.42 Å². The summed E-state index contributed by atoms with van der Waals surface area (Å²) in [4.78, 5) is 12.1. The number of carbonyl (C=O) groups is 1. The lowest BCUT2D eigenvalue weighted by Gasteiger charge is -2.52. The third-order valence-electron chi connectivity index (χ3n) is 9.47. The third kappa shape index (κ3) is 4.17. The normalized spacial score (nSPS) is 36.5. The van der Waals surface area contributed by atoms with Crippen molar-refractivity contribution in [2.45, 2.75) is 117 Å². The van der Waals surface area contributed by atoms with E-state index in [-0.39, 0.29) is 0 Å². The zero-order chi connectivity index (χ0) is 20.4. The lowest BCUT2D eigenvalue weighted by atomic mass is 9.52. The molecule has 2 unspecified atom stereocenters. The van der Waals surface area contributed by atoms with E-state index in [1.807, 2.05) is 11.6 Å². The fourth-order valence-electron chi connectivity index (χ4n) is 7.69. The van der Waals surface area contributed by atoms with Crippen molar-refractivity contribution < 1.29 is 4.79 Å². The zero-order valence-corrected chi connectivity index (χ0v) is 19.4. The summed E-state index contributed by atoms with van der Waals surface area (Å²) in [7, 11) is 0. The minimum Gasteiger partial charge on any atom is -0.295 e. The molecule has 4 rings (SSSR count). The van der Waals surface area contributed by atoms with Crippen molar-refractivity contribution in [1.82, 2.24) is 0 Å². The Balaban J connectivity index is 1.51. The highest BCUT2D eigenvalue weighted by Crippen LogP contribution is 2.64. The van der Waals surface area contributed by atoms with Crippen molar-refractivity contribution in [1.29, 1.82) is 0 Å². The number of rotatable bonds is 8. The van der Waals surface area contributed by atoms with Gasteiger partial charge in [-0.05, 0) is 91.3 Å². The van der Waals surface area contributed by atoms with Crippen molar-refractivity contribution in [2.24, 2.45) is 29.1 Å². The second kappa shape index (κ2) is 9.11. The Morgan fingerprint density at radius 2 is 1.72 bits per heavy atom. The molecule has 0 spiro atoms. The summed E-state index contributed by atoms with van der Waals surface area (Å²) in [5.74, 6) is 3.80. The van der Waals surface area contributed by atoms with Crippen LogP contribution in [-0.2, 0) is 4.79 Å². The largest absolute Gasteiger partial charge is 0.295 e. The number of fused-ring (bicyclic) bond motifs is 4. The van der Waals surface area contributed by atoms with Crippen molar-refractivity contribution in [3.8, 4) is 0 Å². The van der Waals surface area contributed by atoms with Crippen molar-refractivity contribution in [2.75, 3.05) is 0 Å². The van der Waals surface area contributed by atoms with Crippen LogP contribution in [-0.4, -0.2) is 5.78 Å². The number of hydrogen-bond donors (Lipinski definition) is 0. The van der Waals surface area contributed by atoms with Gasteiger partial charge in [0.25, 0.3) is 0 Å². The van der Waals surface area contributed by atoms with Crippen LogP contribution in [0.1, 0.15) is 117 Å². The van der Waals surface area contributed by atoms with Gasteiger partial charge in [-0.15, -0.1) is 0 Å². The predicted octanol–water partition coefficient (Wildman–Crippen LogP) is 8.20. The molecular weight excluding hydrogens is 352 g/mol. The molecule has 1 nitrogen and oxygen atoms in total. The van der Waals surface area contributed by atoms with Crippen LogP contribution in [0.15, 0.2) is 22.8 Å². The summed E-state index contributed by atoms with van der Waals surface area (Å²) < 4.78 is 0. The molecular formula is C28H44O. The number of carbonyl (C=O) groups excluding carboxylic acids is 1. The highest BCUT2D eigenvalue weighted by Gasteiger charge is 2.54. The van der Waals surface area contributed by atoms with Gasteiger partial charge in [-0.25, -0.2) is 0 Å². The quantitative estimate of drug-likeness (QED) is 0.378. The van der Waals surface area contributed by atoms with Crippen molar-refractivity contribution in [3.63, 3.8) is 0 Å². The lowest BCUT2D eigenvalue weighted by Crippen LogP contribution is -2.43. The van der Waals surface area contributed by atoms with Crippen LogP contribution in [0.5, 0.6) is 0 Å². The fourth-order valence-corrected chi connectivity index (χ4v) is 7.69. The summed E-state index contributed by atoms with van der Waals surface area (Å²) in [6.07, 6.45) is 21.9. The van der Waals surface area contributed by atoms with Gasteiger partial charge in [-0.1, -0.05) is 71.3 Å². The molecule has 1 heteroatoms. The van der Waals surface area contributed by atoms with Crippen LogP contribution in [0.2, 0.25) is 0 Å². The maximum absolute atomic E-state index is 12.1. The fraction of sp³-hybridized carbons (Fsp3) is 0.821. The first-order valence-corrected chi connectivity index (χ1v) is 13.0. The second-order valence-electron chi connectivity index (χ2n) is 11.1. The highest BCUT2D eigenvalue weighted by atomic mass is 16.1. The molecule has 0 bridgehead atoms. The Kier molecular flexibility index (Phi) is 6.72. The molecule has 0 aromatic heterocycles. The standard InChI is InChI=1S/C28H44O/c1-4-5-6-7-8-9-10-11-22-19-28(3)20(2)12-17-26(28)25-15-13-21-18-23(29)14-16-24(21)27(22)25/h18,20,22,25-26H,4-17,19H2,1-3H3/t20-,22-,25?,26?,28+/m0/s1. The van der Waals surface area contributed by atoms with Gasteiger partial charge in [0.05, 0.1) is 0 Å². The summed E-state index contributed by atoms with van der Waals surface area (Å²) in [5, 5.41) is 0. The van der Waals surface area contributed by atoms with Gasteiger partial charge >= 0.3 is 0 Å². The Bertz CT molecular complexity index is 668. The maximum atomic E-state index is 12.1. The molecule has 0 aromatic rings. The topological polar surface area (TPSA) is 17.1 Å². The first kappa shape index (κ1) is 21.4. The van der Waals surface area contributed by atoms with E-state index >= 15 is 0 Å². The first-order valence-electron chi connectivity index (χ1n) is 13.0. The first-order chi connectivity index (χ1) is 14.0. The lowest BCUT2D eigenvalue weighted by molar-refractivity contribution is -0.114. The van der Waals surface area contributed by atoms with Crippen LogP contribution in [0.4, 0.5) is 0 Å². The molecule has 2 saturated carbocycles. The van der Waals surface area contributed by atoms with Crippen LogP contribution in [0, 0.1) is 29.1 Å². The monoisotopic (exact) mass is 396 g/mol. The maximum Gasteiger partial charge on any atom is 0.156 e. The minimum absolute atomic E-state index is 0.376. The van der Waals surface area contributed by atoms with Crippen LogP contribution < -0.4 is 0 Å². The Hall–Kier alpha value is -0.850. The number of hydrogen-bond acceptors (Lipinski definition) is 1. The highest BCUT2D eigenvalue weighted by molar-refractivity contribution is 5.93. The summed E-state index contributed by atoms with van der Waals surface area (Å²) in [6, 6.07) is 0. The SMILES string of the molecule is CCCCCCCCC[C@H]1C[C@@]2(C)C(CC[C@@H]2C)C2CCC3=CC(=O)CCC3=C21. The minimum atomic E-state index is 0.376. The molecule has 0 heterocycles. The van der Waals surface area contributed by atoms with E-state index in [9.17, 15) is 4.79 Å². The summed E-state index contributed by atoms with van der Waals surface area (Å²) in [6.45, 7) is 7.48. The molecule has 2 fully saturated rings. The van der Waals surface area contributed by atoms with E-state index in [4.69, 9.17) is 0 Å². The molecule has 162 valence electrons. The van der Waals surface area contributed by atoms with E-state index < -0.39 is 0 Å². The average molecular weight is 397 g/mol. The van der Waals surface area contributed by atoms with Crippen LogP contribution in [0.3, 0.4) is 0 Å². The van der Waals surface area contributed by atoms with Crippen LogP contribution >= 0.6 is 0 Å². The van der Waals surface area contributed by atoms with E-state index in [0.717, 1.165) is 36.5 Å². The number of allylic oxidation sites excluding steroid dienone is 4. The second-order valence-corrected chi connectivity index (χ2v) is 11.1. The van der Waals surface area contributed by atoms with Gasteiger partial charge in [-0.3, -0.25) is 4.79 Å². The Labute approximate surface area is 179 Å². The van der Waals surface area contributed by atoms with Crippen molar-refractivity contribution >= 4 is 5.78 Å². The van der Waals surface area contributed by atoms with E-state index in [1.165, 1.54) is 89.0 Å². The molecule has 0 aromatic carbocycles. The zero-order valence-electron chi connectivity index (χ0n) is 19.4. The molecule has 0 saturated heterocycles. The van der Waals surface area contributed by atoms with Gasteiger partial charge in [0.2, 0.25) is 0 Å². The molecule has 0 amide bonds. The van der Waals surface area contributed by atoms with E-state index in [1.54, 1.807) is 5.57 Å². The molecule has 0 aliphatic heterocycles. The Morgan fingerprint density at radius 1 is 0.966 bits per heavy atom. The van der Waals surface area contributed by atoms with Crippen LogP contribution in [0.25, 0.3) is 0 Å². The summed E-state index contributed by atoms with van der Waals surface area (Å²) >= 11 is 0. The van der Waals surface area contributed by atoms with Gasteiger partial charge in [0.15, 0.2) is 5.78 Å². The van der Waals surface area contributed by atoms with E-state index in [0.29, 0.717) is 11.2 Å². The third-order valence-corrected chi connectivity index (χ3v) is 9.47. The molecule has 4 aliphatic carbocycles. The molecule has 4 aliphatic rings. The van der Waals surface area contributed by atoms with E-state index in [2.05, 4.69) is 20.8 Å². The predicted molar refractivity (Wildman–Crippen MR) is 123 cm³/mol. The molecule has 29 heavy (non-hydrogen) atoms. The summed E-state index contributed by atoms with van der Waals surface area (Å²) in [5.41, 5.74) is 5.52. The number of ketones is 1. The number of unbranched alkanes of at least 4 members (excludes halogenated alkanes) is 6. The molecule has 0 radical (unpaired) electrons. The average Bonchev–Trinajstić information content (AvgIpc) is 3.01. The Morgan fingerprint density at radius 3 is 2.52 bits per heavy atom. The van der Waals surface area contributed by atoms with Gasteiger partial charge < -0.3 is 0 Å². The molecule has 5 atom stereocenters. The molecule has 0 N–H and O–H groups in total.